The van der Waals surface area contributed by atoms with Gasteiger partial charge in [0.15, 0.2) is 0 Å². The van der Waals surface area contributed by atoms with Crippen molar-refractivity contribution in [3.05, 3.63) is 95.7 Å². The van der Waals surface area contributed by atoms with Gasteiger partial charge >= 0.3 is 12.1 Å². The Bertz CT molecular complexity index is 1800. The second-order valence-corrected chi connectivity index (χ2v) is 12.2. The third-order valence-corrected chi connectivity index (χ3v) is 7.68. The molecule has 1 saturated heterocycles. The second kappa shape index (κ2) is 13.4. The summed E-state index contributed by atoms with van der Waals surface area (Å²) in [4.78, 5) is 46.4. The van der Waals surface area contributed by atoms with Crippen molar-refractivity contribution in [1.82, 2.24) is 19.6 Å². The summed E-state index contributed by atoms with van der Waals surface area (Å²) in [6.45, 7) is 6.44. The number of nitrogen functional groups attached to an aromatic ring is 1. The summed E-state index contributed by atoms with van der Waals surface area (Å²) in [5, 5.41) is 6.04. The molecule has 2 aliphatic heterocycles. The van der Waals surface area contributed by atoms with Crippen LogP contribution in [0.1, 0.15) is 71.5 Å². The number of alkyl halides is 3. The van der Waals surface area contributed by atoms with Crippen molar-refractivity contribution in [2.24, 2.45) is 10.7 Å². The number of halogens is 3. The highest BCUT2D eigenvalue weighted by molar-refractivity contribution is 6.35. The van der Waals surface area contributed by atoms with Crippen LogP contribution in [0.5, 0.6) is 0 Å². The fourth-order valence-corrected chi connectivity index (χ4v) is 5.47. The number of pyridine rings is 1. The molecular formula is C33H35F3N8O4. The highest BCUT2D eigenvalue weighted by atomic mass is 19.4. The lowest BCUT2D eigenvalue weighted by atomic mass is 9.90. The molecule has 252 valence electrons. The third-order valence-electron chi connectivity index (χ3n) is 7.68. The Hall–Kier alpha value is -5.44. The van der Waals surface area contributed by atoms with Crippen LogP contribution >= 0.6 is 0 Å². The Morgan fingerprint density at radius 2 is 1.71 bits per heavy atom. The van der Waals surface area contributed by atoms with Gasteiger partial charge in [0.2, 0.25) is 5.84 Å². The fourth-order valence-electron chi connectivity index (χ4n) is 5.47. The van der Waals surface area contributed by atoms with Gasteiger partial charge in [0.1, 0.15) is 17.1 Å². The molecule has 2 aliphatic rings. The van der Waals surface area contributed by atoms with Crippen LogP contribution in [0.4, 0.5) is 24.7 Å². The SMILES string of the molecule is CC(C)(C)OC(=O)C1=NC=CC=CN1N1CCC(c2cn(-c3ccc(C(=O)Nc4cc(C(F)(F)F)ccn4)cc3)c(C(N)=O)c2N)CC1. The molecular weight excluding hydrogens is 629 g/mol. The topological polar surface area (TPSA) is 161 Å². The number of hydrogen-bond acceptors (Lipinski definition) is 9. The maximum absolute atomic E-state index is 13.1. The number of carbonyl (C=O) groups is 3. The van der Waals surface area contributed by atoms with Crippen molar-refractivity contribution in [2.75, 3.05) is 24.1 Å². The van der Waals surface area contributed by atoms with E-state index >= 15 is 0 Å². The fraction of sp³-hybridized carbons (Fsp3) is 0.303. The molecule has 0 unspecified atom stereocenters. The number of anilines is 2. The first-order valence-corrected chi connectivity index (χ1v) is 15.1. The van der Waals surface area contributed by atoms with Crippen LogP contribution in [0.25, 0.3) is 5.69 Å². The zero-order chi connectivity index (χ0) is 34.8. The van der Waals surface area contributed by atoms with Crippen molar-refractivity contribution >= 4 is 35.1 Å². The van der Waals surface area contributed by atoms with Gasteiger partial charge in [0, 0.05) is 49.1 Å². The summed E-state index contributed by atoms with van der Waals surface area (Å²) in [5.41, 5.74) is 12.3. The van der Waals surface area contributed by atoms with E-state index in [4.69, 9.17) is 16.2 Å². The number of hydrogen-bond donors (Lipinski definition) is 3. The lowest BCUT2D eigenvalue weighted by molar-refractivity contribution is -0.148. The molecule has 15 heteroatoms. The smallest absolute Gasteiger partial charge is 0.416 e. The molecule has 48 heavy (non-hydrogen) atoms. The number of piperidine rings is 1. The number of ether oxygens (including phenoxy) is 1. The molecule has 4 heterocycles. The number of esters is 1. The van der Waals surface area contributed by atoms with Gasteiger partial charge in [0.25, 0.3) is 11.8 Å². The quantitative estimate of drug-likeness (QED) is 0.298. The van der Waals surface area contributed by atoms with Gasteiger partial charge in [-0.05, 0) is 93.6 Å². The number of nitrogens with zero attached hydrogens (tertiary/aromatic N) is 5. The number of carbonyl (C=O) groups excluding carboxylic acids is 3. The summed E-state index contributed by atoms with van der Waals surface area (Å²) >= 11 is 0. The predicted molar refractivity (Wildman–Crippen MR) is 173 cm³/mol. The number of nitrogens with one attached hydrogen (secondary N) is 1. The van der Waals surface area contributed by atoms with E-state index < -0.39 is 35.1 Å². The van der Waals surface area contributed by atoms with Gasteiger partial charge in [-0.3, -0.25) is 14.6 Å². The molecule has 0 spiro atoms. The van der Waals surface area contributed by atoms with Crippen molar-refractivity contribution in [1.29, 1.82) is 0 Å². The molecule has 2 amide bonds. The second-order valence-electron chi connectivity index (χ2n) is 12.2. The molecule has 0 atom stereocenters. The average molecular weight is 665 g/mol. The molecule has 0 aliphatic carbocycles. The molecule has 0 bridgehead atoms. The minimum atomic E-state index is -4.58. The van der Waals surface area contributed by atoms with Crippen molar-refractivity contribution in [2.45, 2.75) is 51.3 Å². The standard InChI is InChI=1S/C33H35F3N8O4/c1-32(2,3)48-31(47)29-40-13-4-5-15-44(29)42-16-11-20(12-17-42)24-19-43(27(26(24)37)28(38)45)23-8-6-21(7-9-23)30(46)41-25-18-22(10-14-39-25)33(34,35)36/h4-10,13-15,18-20H,11-12,16-17,37H2,1-3H3,(H2,38,45)(H,39,41,46). The van der Waals surface area contributed by atoms with Gasteiger partial charge in [-0.2, -0.15) is 13.2 Å². The largest absolute Gasteiger partial charge is 0.454 e. The number of amides is 2. The Morgan fingerprint density at radius 1 is 1.02 bits per heavy atom. The summed E-state index contributed by atoms with van der Waals surface area (Å²) in [7, 11) is 0. The van der Waals surface area contributed by atoms with E-state index in [-0.39, 0.29) is 34.5 Å². The zero-order valence-corrected chi connectivity index (χ0v) is 26.5. The monoisotopic (exact) mass is 664 g/mol. The minimum absolute atomic E-state index is 0.0402. The molecule has 1 fully saturated rings. The van der Waals surface area contributed by atoms with Crippen LogP contribution < -0.4 is 16.8 Å². The van der Waals surface area contributed by atoms with E-state index in [0.717, 1.165) is 23.9 Å². The molecule has 5 N–H and O–H groups in total. The zero-order valence-electron chi connectivity index (χ0n) is 26.5. The number of allylic oxidation sites excluding steroid dienone is 2. The summed E-state index contributed by atoms with van der Waals surface area (Å²) in [5.74, 6) is -2.11. The van der Waals surface area contributed by atoms with Crippen LogP contribution in [0.2, 0.25) is 0 Å². The number of primary amides is 1. The van der Waals surface area contributed by atoms with Crippen LogP contribution in [-0.2, 0) is 15.7 Å². The highest BCUT2D eigenvalue weighted by Gasteiger charge is 2.34. The van der Waals surface area contributed by atoms with Crippen LogP contribution in [0.3, 0.4) is 0 Å². The summed E-state index contributed by atoms with van der Waals surface area (Å²) in [6, 6.07) is 7.63. The maximum Gasteiger partial charge on any atom is 0.416 e. The normalized spacial score (nSPS) is 16.0. The summed E-state index contributed by atoms with van der Waals surface area (Å²) in [6.07, 6.45) is 6.18. The first-order valence-electron chi connectivity index (χ1n) is 15.1. The first kappa shape index (κ1) is 33.9. The number of amidine groups is 1. The van der Waals surface area contributed by atoms with Gasteiger partial charge in [0.05, 0.1) is 11.3 Å². The maximum atomic E-state index is 13.1. The number of benzene rings is 1. The average Bonchev–Trinajstić information content (AvgIpc) is 3.19. The number of aliphatic imine (C=N–C) groups is 1. The van der Waals surface area contributed by atoms with Crippen LogP contribution in [0.15, 0.2) is 78.3 Å². The number of nitrogens with two attached hydrogens (primary N) is 2. The predicted octanol–water partition coefficient (Wildman–Crippen LogP) is 5.00. The molecule has 2 aromatic heterocycles. The van der Waals surface area contributed by atoms with Gasteiger partial charge in [-0.15, -0.1) is 0 Å². The van der Waals surface area contributed by atoms with E-state index in [2.05, 4.69) is 15.3 Å². The lowest BCUT2D eigenvalue weighted by Gasteiger charge is -2.39. The minimum Gasteiger partial charge on any atom is -0.454 e. The third kappa shape index (κ3) is 7.57. The molecule has 0 saturated carbocycles. The molecule has 1 aromatic carbocycles. The highest BCUT2D eigenvalue weighted by Crippen LogP contribution is 2.37. The van der Waals surface area contributed by atoms with E-state index in [1.807, 2.05) is 5.01 Å². The van der Waals surface area contributed by atoms with E-state index in [1.54, 1.807) is 67.0 Å². The number of rotatable bonds is 7. The first-order chi connectivity index (χ1) is 22.6. The Kier molecular flexibility index (Phi) is 9.43. The van der Waals surface area contributed by atoms with Crippen LogP contribution in [0, 0.1) is 0 Å². The van der Waals surface area contributed by atoms with Gasteiger partial charge in [-0.1, -0.05) is 0 Å². The molecule has 3 aromatic rings. The number of hydrazine groups is 1. The van der Waals surface area contributed by atoms with Crippen molar-refractivity contribution in [3.63, 3.8) is 0 Å². The molecule has 12 nitrogen and oxygen atoms in total. The van der Waals surface area contributed by atoms with Crippen molar-refractivity contribution < 1.29 is 32.3 Å². The molecule has 0 radical (unpaired) electrons. The Labute approximate surface area is 274 Å². The van der Waals surface area contributed by atoms with E-state index in [9.17, 15) is 27.6 Å². The van der Waals surface area contributed by atoms with E-state index in [1.165, 1.54) is 18.3 Å². The molecule has 5 rings (SSSR count). The van der Waals surface area contributed by atoms with Gasteiger partial charge < -0.3 is 26.1 Å². The lowest BCUT2D eigenvalue weighted by Crippen LogP contribution is -2.50. The Morgan fingerprint density at radius 3 is 2.33 bits per heavy atom. The van der Waals surface area contributed by atoms with E-state index in [0.29, 0.717) is 31.6 Å². The van der Waals surface area contributed by atoms with Gasteiger partial charge in [-0.25, -0.2) is 19.8 Å². The number of aromatic nitrogens is 2. The van der Waals surface area contributed by atoms with Crippen LogP contribution in [-0.4, -0.2) is 61.9 Å². The Balaban J connectivity index is 1.31. The van der Waals surface area contributed by atoms with Crippen molar-refractivity contribution in [3.8, 4) is 5.69 Å². The summed E-state index contributed by atoms with van der Waals surface area (Å²) < 4.78 is 46.3.